The predicted molar refractivity (Wildman–Crippen MR) is 114 cm³/mol. The zero-order valence-electron chi connectivity index (χ0n) is 17.4. The summed E-state index contributed by atoms with van der Waals surface area (Å²) in [6.45, 7) is 1.55. The number of carbonyl (C=O) groups excluding carboxylic acids is 1. The Labute approximate surface area is 182 Å². The minimum absolute atomic E-state index is 0.00252. The third-order valence-corrected chi connectivity index (χ3v) is 6.45. The fourth-order valence-electron chi connectivity index (χ4n) is 3.45. The van der Waals surface area contributed by atoms with E-state index < -0.39 is 10.0 Å². The Morgan fingerprint density at radius 1 is 1.26 bits per heavy atom. The van der Waals surface area contributed by atoms with Crippen LogP contribution in [0.4, 0.5) is 4.39 Å². The van der Waals surface area contributed by atoms with Gasteiger partial charge in [0, 0.05) is 38.9 Å². The molecule has 1 fully saturated rings. The minimum Gasteiger partial charge on any atom is -0.383 e. The molecule has 0 saturated carbocycles. The van der Waals surface area contributed by atoms with E-state index in [9.17, 15) is 17.6 Å². The van der Waals surface area contributed by atoms with Crippen molar-refractivity contribution in [1.29, 1.82) is 0 Å². The van der Waals surface area contributed by atoms with Gasteiger partial charge in [-0.2, -0.15) is 0 Å². The molecule has 7 nitrogen and oxygen atoms in total. The van der Waals surface area contributed by atoms with Crippen LogP contribution in [0.5, 0.6) is 0 Å². The summed E-state index contributed by atoms with van der Waals surface area (Å²) in [7, 11) is -2.30. The highest BCUT2D eigenvalue weighted by Gasteiger charge is 2.25. The average Bonchev–Trinajstić information content (AvgIpc) is 3.26. The molecule has 1 unspecified atom stereocenters. The summed E-state index contributed by atoms with van der Waals surface area (Å²) in [5, 5.41) is 0. The van der Waals surface area contributed by atoms with Gasteiger partial charge in [0.15, 0.2) is 0 Å². The van der Waals surface area contributed by atoms with E-state index in [2.05, 4.69) is 4.72 Å². The monoisotopic (exact) mass is 450 g/mol. The number of nitrogens with one attached hydrogen (secondary N) is 1. The van der Waals surface area contributed by atoms with Gasteiger partial charge in [-0.25, -0.2) is 17.5 Å². The van der Waals surface area contributed by atoms with Gasteiger partial charge < -0.3 is 14.4 Å². The lowest BCUT2D eigenvalue weighted by atomic mass is 10.1. The Bertz CT molecular complexity index is 993. The van der Waals surface area contributed by atoms with Crippen molar-refractivity contribution in [3.05, 3.63) is 65.5 Å². The summed E-state index contributed by atoms with van der Waals surface area (Å²) in [5.41, 5.74) is 0.889. The second kappa shape index (κ2) is 10.8. The predicted octanol–water partition coefficient (Wildman–Crippen LogP) is 2.57. The number of benzene rings is 2. The average molecular weight is 451 g/mol. The molecule has 1 aliphatic heterocycles. The molecule has 168 valence electrons. The van der Waals surface area contributed by atoms with Gasteiger partial charge in [0.05, 0.1) is 17.6 Å². The van der Waals surface area contributed by atoms with E-state index in [4.69, 9.17) is 9.47 Å². The molecular weight excluding hydrogens is 423 g/mol. The van der Waals surface area contributed by atoms with Crippen LogP contribution in [0.25, 0.3) is 0 Å². The van der Waals surface area contributed by atoms with E-state index in [1.807, 2.05) is 0 Å². The van der Waals surface area contributed by atoms with Gasteiger partial charge in [0.1, 0.15) is 5.82 Å². The Morgan fingerprint density at radius 3 is 2.77 bits per heavy atom. The van der Waals surface area contributed by atoms with E-state index in [0.29, 0.717) is 18.7 Å². The molecule has 2 aromatic rings. The van der Waals surface area contributed by atoms with Crippen molar-refractivity contribution in [1.82, 2.24) is 9.62 Å². The molecule has 0 aliphatic carbocycles. The molecule has 31 heavy (non-hydrogen) atoms. The largest absolute Gasteiger partial charge is 0.383 e. The van der Waals surface area contributed by atoms with Crippen molar-refractivity contribution in [2.45, 2.75) is 30.4 Å². The van der Waals surface area contributed by atoms with Crippen molar-refractivity contribution in [2.24, 2.45) is 0 Å². The third kappa shape index (κ3) is 6.57. The summed E-state index contributed by atoms with van der Waals surface area (Å²) in [6.07, 6.45) is 1.67. The second-order valence-electron chi connectivity index (χ2n) is 7.37. The molecule has 0 aromatic heterocycles. The molecule has 1 saturated heterocycles. The third-order valence-electron chi connectivity index (χ3n) is 4.99. The SMILES string of the molecule is COCCNS(=O)(=O)c1cccc(C(=O)N(Cc2cccc(F)c2)CC2CCCO2)c1. The van der Waals surface area contributed by atoms with Gasteiger partial charge in [-0.05, 0) is 48.7 Å². The van der Waals surface area contributed by atoms with Crippen LogP contribution in [0.3, 0.4) is 0 Å². The van der Waals surface area contributed by atoms with Crippen molar-refractivity contribution in [3.63, 3.8) is 0 Å². The van der Waals surface area contributed by atoms with Gasteiger partial charge in [0.2, 0.25) is 10.0 Å². The maximum atomic E-state index is 13.6. The van der Waals surface area contributed by atoms with E-state index in [0.717, 1.165) is 12.8 Å². The number of amides is 1. The van der Waals surface area contributed by atoms with Crippen LogP contribution in [-0.4, -0.2) is 58.7 Å². The Morgan fingerprint density at radius 2 is 2.06 bits per heavy atom. The van der Waals surface area contributed by atoms with Crippen molar-refractivity contribution >= 4 is 15.9 Å². The number of rotatable bonds is 10. The highest BCUT2D eigenvalue weighted by Crippen LogP contribution is 2.19. The number of hydrogen-bond donors (Lipinski definition) is 1. The van der Waals surface area contributed by atoms with Crippen molar-refractivity contribution in [3.8, 4) is 0 Å². The quantitative estimate of drug-likeness (QED) is 0.563. The van der Waals surface area contributed by atoms with Crippen LogP contribution in [-0.2, 0) is 26.0 Å². The summed E-state index contributed by atoms with van der Waals surface area (Å²) in [4.78, 5) is 14.9. The zero-order valence-corrected chi connectivity index (χ0v) is 18.2. The van der Waals surface area contributed by atoms with Gasteiger partial charge in [0.25, 0.3) is 5.91 Å². The summed E-state index contributed by atoms with van der Waals surface area (Å²) < 4.78 is 51.6. The van der Waals surface area contributed by atoms with E-state index >= 15 is 0 Å². The first-order chi connectivity index (χ1) is 14.9. The lowest BCUT2D eigenvalue weighted by Crippen LogP contribution is -2.37. The maximum absolute atomic E-state index is 13.6. The van der Waals surface area contributed by atoms with Gasteiger partial charge in [-0.3, -0.25) is 4.79 Å². The first kappa shape index (κ1) is 23.3. The topological polar surface area (TPSA) is 84.9 Å². The number of carbonyl (C=O) groups is 1. The normalized spacial score (nSPS) is 16.4. The lowest BCUT2D eigenvalue weighted by Gasteiger charge is -2.26. The van der Waals surface area contributed by atoms with Crippen LogP contribution < -0.4 is 4.72 Å². The molecular formula is C22H27FN2O5S. The molecule has 0 radical (unpaired) electrons. The van der Waals surface area contributed by atoms with Gasteiger partial charge in [-0.15, -0.1) is 0 Å². The first-order valence-corrected chi connectivity index (χ1v) is 11.6. The molecule has 1 amide bonds. The smallest absolute Gasteiger partial charge is 0.254 e. The molecule has 0 bridgehead atoms. The second-order valence-corrected chi connectivity index (χ2v) is 9.14. The van der Waals surface area contributed by atoms with E-state index in [-0.39, 0.29) is 48.0 Å². The van der Waals surface area contributed by atoms with Crippen LogP contribution in [0.15, 0.2) is 53.4 Å². The Balaban J connectivity index is 1.82. The van der Waals surface area contributed by atoms with Crippen molar-refractivity contribution in [2.75, 3.05) is 33.4 Å². The summed E-state index contributed by atoms with van der Waals surface area (Å²) in [6, 6.07) is 12.0. The molecule has 1 N–H and O–H groups in total. The van der Waals surface area contributed by atoms with Crippen molar-refractivity contribution < 1.29 is 27.1 Å². The fraction of sp³-hybridized carbons (Fsp3) is 0.409. The molecule has 3 rings (SSSR count). The fourth-order valence-corrected chi connectivity index (χ4v) is 4.51. The maximum Gasteiger partial charge on any atom is 0.254 e. The molecule has 1 atom stereocenters. The van der Waals surface area contributed by atoms with Crippen LogP contribution in [0.2, 0.25) is 0 Å². The van der Waals surface area contributed by atoms with Crippen LogP contribution in [0.1, 0.15) is 28.8 Å². The van der Waals surface area contributed by atoms with Gasteiger partial charge >= 0.3 is 0 Å². The first-order valence-electron chi connectivity index (χ1n) is 10.1. The molecule has 9 heteroatoms. The number of halogens is 1. The highest BCUT2D eigenvalue weighted by molar-refractivity contribution is 7.89. The van der Waals surface area contributed by atoms with Gasteiger partial charge in [-0.1, -0.05) is 18.2 Å². The standard InChI is InChI=1S/C22H27FN2O5S/c1-29-12-10-24-31(27,28)21-9-3-6-18(14-21)22(26)25(16-20-8-4-11-30-20)15-17-5-2-7-19(23)13-17/h2-3,5-7,9,13-14,20,24H,4,8,10-12,15-16H2,1H3. The van der Waals surface area contributed by atoms with E-state index in [1.165, 1.54) is 37.4 Å². The number of methoxy groups -OCH3 is 1. The zero-order chi connectivity index (χ0) is 22.3. The highest BCUT2D eigenvalue weighted by atomic mass is 32.2. The molecule has 1 heterocycles. The van der Waals surface area contributed by atoms with Crippen LogP contribution >= 0.6 is 0 Å². The summed E-state index contributed by atoms with van der Waals surface area (Å²) >= 11 is 0. The summed E-state index contributed by atoms with van der Waals surface area (Å²) in [5.74, 6) is -0.717. The Hall–Kier alpha value is -2.33. The number of ether oxygens (including phenoxy) is 2. The number of nitrogens with zero attached hydrogens (tertiary/aromatic N) is 1. The minimum atomic E-state index is -3.78. The molecule has 1 aliphatic rings. The molecule has 0 spiro atoms. The lowest BCUT2D eigenvalue weighted by molar-refractivity contribution is 0.0507. The number of hydrogen-bond acceptors (Lipinski definition) is 5. The van der Waals surface area contributed by atoms with E-state index in [1.54, 1.807) is 23.1 Å². The Kier molecular flexibility index (Phi) is 8.14. The number of sulfonamides is 1. The van der Waals surface area contributed by atoms with Crippen LogP contribution in [0, 0.1) is 5.82 Å². The molecule has 2 aromatic carbocycles.